The first kappa shape index (κ1) is 11.7. The fraction of sp³-hybridized carbons (Fsp3) is 0.357. The van der Waals surface area contributed by atoms with E-state index < -0.39 is 0 Å². The van der Waals surface area contributed by atoms with Crippen LogP contribution in [0.3, 0.4) is 0 Å². The number of para-hydroxylation sites is 1. The van der Waals surface area contributed by atoms with E-state index >= 15 is 0 Å². The lowest BCUT2D eigenvalue weighted by atomic mass is 10.0. The second-order valence-electron chi connectivity index (χ2n) is 4.11. The Morgan fingerprint density at radius 1 is 1.47 bits per heavy atom. The molecule has 0 aliphatic rings. The van der Waals surface area contributed by atoms with E-state index in [1.54, 1.807) is 0 Å². The molecule has 0 bridgehead atoms. The molecule has 17 heavy (non-hydrogen) atoms. The Morgan fingerprint density at radius 3 is 2.94 bits per heavy atom. The zero-order chi connectivity index (χ0) is 12.3. The van der Waals surface area contributed by atoms with Crippen molar-refractivity contribution in [1.29, 1.82) is 0 Å². The topological polar surface area (TPSA) is 29.9 Å². The van der Waals surface area contributed by atoms with Gasteiger partial charge in [0.2, 0.25) is 0 Å². The molecule has 2 rings (SSSR count). The fourth-order valence-corrected chi connectivity index (χ4v) is 2.14. The lowest BCUT2D eigenvalue weighted by Crippen LogP contribution is -2.17. The number of benzene rings is 1. The van der Waals surface area contributed by atoms with Crippen molar-refractivity contribution in [3.05, 3.63) is 30.0 Å². The second kappa shape index (κ2) is 5.03. The van der Waals surface area contributed by atoms with Crippen LogP contribution >= 0.6 is 0 Å². The minimum Gasteiger partial charge on any atom is -0.312 e. The van der Waals surface area contributed by atoms with Crippen molar-refractivity contribution in [2.75, 3.05) is 7.05 Å². The Kier molecular flexibility index (Phi) is 3.46. The van der Waals surface area contributed by atoms with E-state index in [2.05, 4.69) is 28.5 Å². The number of terminal acetylenes is 1. The van der Waals surface area contributed by atoms with Crippen molar-refractivity contribution in [2.45, 2.75) is 18.9 Å². The molecule has 3 heteroatoms. The smallest absolute Gasteiger partial charge is 0.0872 e. The normalized spacial score (nSPS) is 12.5. The lowest BCUT2D eigenvalue weighted by molar-refractivity contribution is 0.538. The number of hydrogen-bond donors (Lipinski definition) is 1. The highest BCUT2D eigenvalue weighted by Crippen LogP contribution is 2.25. The first-order valence-electron chi connectivity index (χ1n) is 5.80. The first-order valence-corrected chi connectivity index (χ1v) is 5.80. The maximum atomic E-state index is 5.32. The van der Waals surface area contributed by atoms with Crippen LogP contribution in [0.5, 0.6) is 0 Å². The molecular weight excluding hydrogens is 210 g/mol. The number of aryl methyl sites for hydroxylation is 1. The van der Waals surface area contributed by atoms with Crippen LogP contribution < -0.4 is 5.32 Å². The van der Waals surface area contributed by atoms with E-state index in [9.17, 15) is 0 Å². The van der Waals surface area contributed by atoms with Gasteiger partial charge in [-0.1, -0.05) is 18.2 Å². The molecule has 1 N–H and O–H groups in total. The molecule has 0 fully saturated rings. The molecule has 0 amide bonds. The number of aromatic nitrogens is 2. The Labute approximate surface area is 102 Å². The van der Waals surface area contributed by atoms with Crippen molar-refractivity contribution in [1.82, 2.24) is 15.1 Å². The van der Waals surface area contributed by atoms with Crippen molar-refractivity contribution in [3.8, 4) is 12.3 Å². The Hall–Kier alpha value is -1.79. The van der Waals surface area contributed by atoms with Crippen LogP contribution in [0, 0.1) is 12.3 Å². The summed E-state index contributed by atoms with van der Waals surface area (Å²) >= 11 is 0. The van der Waals surface area contributed by atoms with Crippen molar-refractivity contribution in [2.24, 2.45) is 7.05 Å². The molecule has 3 nitrogen and oxygen atoms in total. The molecule has 0 radical (unpaired) electrons. The molecule has 0 saturated carbocycles. The average Bonchev–Trinajstić information content (AvgIpc) is 2.69. The Morgan fingerprint density at radius 2 is 2.24 bits per heavy atom. The van der Waals surface area contributed by atoms with Gasteiger partial charge < -0.3 is 5.32 Å². The van der Waals surface area contributed by atoms with Gasteiger partial charge in [-0.05, 0) is 19.5 Å². The van der Waals surface area contributed by atoms with Gasteiger partial charge in [0.05, 0.1) is 17.3 Å². The first-order chi connectivity index (χ1) is 8.27. The molecule has 1 aromatic heterocycles. The standard InChI is InChI=1S/C14H17N3/c1-4-5-9-12(15-2)14-11-8-6-7-10-13(11)17(3)16-14/h1,6-8,10,12,15H,5,9H2,2-3H3. The average molecular weight is 227 g/mol. The quantitative estimate of drug-likeness (QED) is 0.812. The van der Waals surface area contributed by atoms with Crippen LogP contribution in [-0.2, 0) is 7.05 Å². The summed E-state index contributed by atoms with van der Waals surface area (Å²) in [5.74, 6) is 2.68. The van der Waals surface area contributed by atoms with E-state index in [0.29, 0.717) is 0 Å². The molecule has 1 unspecified atom stereocenters. The number of hydrogen-bond acceptors (Lipinski definition) is 2. The van der Waals surface area contributed by atoms with Crippen LogP contribution in [0.2, 0.25) is 0 Å². The van der Waals surface area contributed by atoms with Crippen LogP contribution in [0.25, 0.3) is 10.9 Å². The summed E-state index contributed by atoms with van der Waals surface area (Å²) in [5, 5.41) is 9.09. The zero-order valence-corrected chi connectivity index (χ0v) is 10.3. The zero-order valence-electron chi connectivity index (χ0n) is 10.3. The van der Waals surface area contributed by atoms with E-state index in [1.807, 2.05) is 30.9 Å². The minimum absolute atomic E-state index is 0.220. The summed E-state index contributed by atoms with van der Waals surface area (Å²) < 4.78 is 1.92. The molecule has 88 valence electrons. The highest BCUT2D eigenvalue weighted by molar-refractivity contribution is 5.82. The molecule has 0 spiro atoms. The fourth-order valence-electron chi connectivity index (χ4n) is 2.14. The summed E-state index contributed by atoms with van der Waals surface area (Å²) in [6.07, 6.45) is 7.00. The number of nitrogens with one attached hydrogen (secondary N) is 1. The minimum atomic E-state index is 0.220. The monoisotopic (exact) mass is 227 g/mol. The third-order valence-electron chi connectivity index (χ3n) is 3.04. The number of rotatable bonds is 4. The predicted octanol–water partition coefficient (Wildman–Crippen LogP) is 2.25. The largest absolute Gasteiger partial charge is 0.312 e. The highest BCUT2D eigenvalue weighted by atomic mass is 15.3. The van der Waals surface area contributed by atoms with Crippen LogP contribution in [0.4, 0.5) is 0 Å². The van der Waals surface area contributed by atoms with Gasteiger partial charge in [0.25, 0.3) is 0 Å². The van der Waals surface area contributed by atoms with Gasteiger partial charge in [0.15, 0.2) is 0 Å². The van der Waals surface area contributed by atoms with E-state index in [0.717, 1.165) is 24.1 Å². The molecule has 1 heterocycles. The Balaban J connectivity index is 2.43. The summed E-state index contributed by atoms with van der Waals surface area (Å²) in [5.41, 5.74) is 2.24. The van der Waals surface area contributed by atoms with E-state index in [-0.39, 0.29) is 6.04 Å². The summed E-state index contributed by atoms with van der Waals surface area (Å²) in [7, 11) is 3.92. The molecule has 1 atom stereocenters. The van der Waals surface area contributed by atoms with Gasteiger partial charge in [0.1, 0.15) is 0 Å². The van der Waals surface area contributed by atoms with Gasteiger partial charge in [-0.15, -0.1) is 12.3 Å². The van der Waals surface area contributed by atoms with Gasteiger partial charge in [-0.25, -0.2) is 0 Å². The van der Waals surface area contributed by atoms with Crippen LogP contribution in [0.15, 0.2) is 24.3 Å². The number of fused-ring (bicyclic) bond motifs is 1. The SMILES string of the molecule is C#CCCC(NC)c1nn(C)c2ccccc12. The van der Waals surface area contributed by atoms with Gasteiger partial charge in [0, 0.05) is 18.9 Å². The van der Waals surface area contributed by atoms with E-state index in [4.69, 9.17) is 6.42 Å². The molecule has 0 saturated heterocycles. The van der Waals surface area contributed by atoms with Crippen molar-refractivity contribution >= 4 is 10.9 Å². The third kappa shape index (κ3) is 2.17. The molecule has 1 aromatic carbocycles. The van der Waals surface area contributed by atoms with Gasteiger partial charge >= 0.3 is 0 Å². The van der Waals surface area contributed by atoms with Crippen LogP contribution in [-0.4, -0.2) is 16.8 Å². The summed E-state index contributed by atoms with van der Waals surface area (Å²) in [6.45, 7) is 0. The maximum Gasteiger partial charge on any atom is 0.0872 e. The summed E-state index contributed by atoms with van der Waals surface area (Å²) in [6, 6.07) is 8.49. The molecule has 2 aromatic rings. The molecular formula is C14H17N3. The van der Waals surface area contributed by atoms with Crippen molar-refractivity contribution < 1.29 is 0 Å². The highest BCUT2D eigenvalue weighted by Gasteiger charge is 2.16. The summed E-state index contributed by atoms with van der Waals surface area (Å²) in [4.78, 5) is 0. The van der Waals surface area contributed by atoms with Gasteiger partial charge in [-0.3, -0.25) is 4.68 Å². The predicted molar refractivity (Wildman–Crippen MR) is 70.6 cm³/mol. The second-order valence-corrected chi connectivity index (χ2v) is 4.11. The molecule has 0 aliphatic carbocycles. The van der Waals surface area contributed by atoms with Crippen LogP contribution in [0.1, 0.15) is 24.6 Å². The third-order valence-corrected chi connectivity index (χ3v) is 3.04. The molecule has 0 aliphatic heterocycles. The van der Waals surface area contributed by atoms with Crippen molar-refractivity contribution in [3.63, 3.8) is 0 Å². The number of nitrogens with zero attached hydrogens (tertiary/aromatic N) is 2. The lowest BCUT2D eigenvalue weighted by Gasteiger charge is -2.12. The van der Waals surface area contributed by atoms with Gasteiger partial charge in [-0.2, -0.15) is 5.10 Å². The Bertz CT molecular complexity index is 548. The maximum absolute atomic E-state index is 5.32. The van der Waals surface area contributed by atoms with E-state index in [1.165, 1.54) is 5.39 Å².